The van der Waals surface area contributed by atoms with E-state index in [1.807, 2.05) is 42.5 Å². The Morgan fingerprint density at radius 3 is 2.46 bits per heavy atom. The summed E-state index contributed by atoms with van der Waals surface area (Å²) in [6.45, 7) is 0. The van der Waals surface area contributed by atoms with Crippen molar-refractivity contribution in [3.8, 4) is 11.3 Å². The molecule has 1 heterocycles. The lowest BCUT2D eigenvalue weighted by atomic mass is 10.1. The predicted molar refractivity (Wildman–Crippen MR) is 101 cm³/mol. The van der Waals surface area contributed by atoms with E-state index in [2.05, 4.69) is 10.3 Å². The third kappa shape index (κ3) is 4.19. The molecular weight excluding hydrogens is 328 g/mol. The lowest BCUT2D eigenvalue weighted by Gasteiger charge is -2.09. The number of carbonyl (C=O) groups is 2. The third-order valence-electron chi connectivity index (χ3n) is 4.06. The second-order valence-electron chi connectivity index (χ2n) is 5.85. The maximum absolute atomic E-state index is 12.2. The lowest BCUT2D eigenvalue weighted by molar-refractivity contribution is -0.116. The Hall–Kier alpha value is -3.34. The summed E-state index contributed by atoms with van der Waals surface area (Å²) in [5, 5.41) is 2.78. The zero-order chi connectivity index (χ0) is 18.4. The van der Waals surface area contributed by atoms with Crippen LogP contribution in [0.25, 0.3) is 11.3 Å². The topological polar surface area (TPSA) is 71.2 Å². The number of hydrogen-bond donors (Lipinski definition) is 2. The van der Waals surface area contributed by atoms with Gasteiger partial charge in [0.05, 0.1) is 18.4 Å². The third-order valence-corrected chi connectivity index (χ3v) is 4.06. The number of benzene rings is 2. The van der Waals surface area contributed by atoms with Crippen molar-refractivity contribution in [3.05, 3.63) is 78.0 Å². The van der Waals surface area contributed by atoms with Crippen molar-refractivity contribution in [2.75, 3.05) is 12.4 Å². The molecule has 0 aliphatic carbocycles. The first-order valence-corrected chi connectivity index (χ1v) is 8.38. The highest BCUT2D eigenvalue weighted by Gasteiger charge is 2.13. The van der Waals surface area contributed by atoms with Gasteiger partial charge in [0, 0.05) is 17.8 Å². The van der Waals surface area contributed by atoms with Crippen LogP contribution in [0.4, 0.5) is 5.69 Å². The molecule has 0 saturated heterocycles. The second-order valence-corrected chi connectivity index (χ2v) is 5.85. The fraction of sp³-hybridized carbons (Fsp3) is 0.143. The minimum atomic E-state index is -0.474. The summed E-state index contributed by atoms with van der Waals surface area (Å²) in [5.74, 6) is -0.630. The molecule has 0 saturated carbocycles. The molecule has 0 bridgehead atoms. The van der Waals surface area contributed by atoms with Crippen LogP contribution in [0.1, 0.15) is 22.5 Å². The number of anilines is 1. The fourth-order valence-corrected chi connectivity index (χ4v) is 2.71. The largest absolute Gasteiger partial charge is 0.465 e. The van der Waals surface area contributed by atoms with Crippen LogP contribution in [0.15, 0.2) is 66.7 Å². The number of ether oxygens (including phenoxy) is 1. The van der Waals surface area contributed by atoms with Crippen LogP contribution in [0.2, 0.25) is 0 Å². The minimum Gasteiger partial charge on any atom is -0.465 e. The first-order valence-electron chi connectivity index (χ1n) is 8.38. The average molecular weight is 348 g/mol. The van der Waals surface area contributed by atoms with Gasteiger partial charge in [0.2, 0.25) is 5.91 Å². The van der Waals surface area contributed by atoms with Crippen LogP contribution in [0.3, 0.4) is 0 Å². The molecule has 3 aromatic rings. The molecule has 5 heteroatoms. The number of H-pyrrole nitrogens is 1. The number of methoxy groups -OCH3 is 1. The maximum Gasteiger partial charge on any atom is 0.339 e. The van der Waals surface area contributed by atoms with Crippen molar-refractivity contribution in [2.24, 2.45) is 0 Å². The van der Waals surface area contributed by atoms with E-state index in [1.54, 1.807) is 24.3 Å². The first kappa shape index (κ1) is 17.5. The number of nitrogens with one attached hydrogen (secondary N) is 2. The summed E-state index contributed by atoms with van der Waals surface area (Å²) < 4.78 is 4.74. The Balaban J connectivity index is 1.60. The smallest absolute Gasteiger partial charge is 0.339 e. The van der Waals surface area contributed by atoms with Gasteiger partial charge in [-0.2, -0.15) is 0 Å². The van der Waals surface area contributed by atoms with Gasteiger partial charge >= 0.3 is 5.97 Å². The Morgan fingerprint density at radius 1 is 0.962 bits per heavy atom. The second kappa shape index (κ2) is 8.16. The van der Waals surface area contributed by atoms with Crippen LogP contribution in [0.5, 0.6) is 0 Å². The molecule has 0 spiro atoms. The summed E-state index contributed by atoms with van der Waals surface area (Å²) in [6.07, 6.45) is 0.892. The van der Waals surface area contributed by atoms with E-state index in [-0.39, 0.29) is 5.91 Å². The molecule has 26 heavy (non-hydrogen) atoms. The van der Waals surface area contributed by atoms with Crippen LogP contribution < -0.4 is 5.32 Å². The zero-order valence-corrected chi connectivity index (χ0v) is 14.5. The van der Waals surface area contributed by atoms with Crippen LogP contribution in [-0.4, -0.2) is 24.0 Å². The maximum atomic E-state index is 12.2. The summed E-state index contributed by atoms with van der Waals surface area (Å²) in [4.78, 5) is 27.3. The van der Waals surface area contributed by atoms with E-state index >= 15 is 0 Å². The number of aromatic amines is 1. The van der Waals surface area contributed by atoms with Gasteiger partial charge in [-0.1, -0.05) is 42.5 Å². The minimum absolute atomic E-state index is 0.155. The number of aryl methyl sites for hydroxylation is 1. The van der Waals surface area contributed by atoms with E-state index in [0.717, 1.165) is 17.0 Å². The van der Waals surface area contributed by atoms with Crippen LogP contribution in [0, 0.1) is 0 Å². The Kier molecular flexibility index (Phi) is 5.49. The molecule has 1 aromatic heterocycles. The summed E-state index contributed by atoms with van der Waals surface area (Å²) >= 11 is 0. The number of rotatable bonds is 6. The zero-order valence-electron chi connectivity index (χ0n) is 14.5. The SMILES string of the molecule is COC(=O)c1ccccc1NC(=O)CCc1ccc(-c2ccccc2)[nH]1. The summed E-state index contributed by atoms with van der Waals surface area (Å²) in [5.41, 5.74) is 3.92. The number of esters is 1. The number of carbonyl (C=O) groups excluding carboxylic acids is 2. The van der Waals surface area contributed by atoms with E-state index in [0.29, 0.717) is 24.1 Å². The molecule has 0 fully saturated rings. The molecule has 0 aliphatic rings. The molecule has 3 rings (SSSR count). The van der Waals surface area contributed by atoms with Crippen LogP contribution >= 0.6 is 0 Å². The molecule has 0 aliphatic heterocycles. The van der Waals surface area contributed by atoms with Crippen molar-refractivity contribution < 1.29 is 14.3 Å². The molecular formula is C21H20N2O3. The number of aromatic nitrogens is 1. The summed E-state index contributed by atoms with van der Waals surface area (Å²) in [7, 11) is 1.32. The number of para-hydroxylation sites is 1. The highest BCUT2D eigenvalue weighted by Crippen LogP contribution is 2.19. The molecule has 5 nitrogen and oxygen atoms in total. The van der Waals surface area contributed by atoms with Crippen molar-refractivity contribution in [3.63, 3.8) is 0 Å². The fourth-order valence-electron chi connectivity index (χ4n) is 2.71. The molecule has 2 N–H and O–H groups in total. The Labute approximate surface area is 152 Å². The van der Waals surface area contributed by atoms with Gasteiger partial charge < -0.3 is 15.0 Å². The highest BCUT2D eigenvalue weighted by molar-refractivity contribution is 6.01. The van der Waals surface area contributed by atoms with Gasteiger partial charge in [-0.05, 0) is 36.2 Å². The van der Waals surface area contributed by atoms with Gasteiger partial charge in [-0.15, -0.1) is 0 Å². The molecule has 132 valence electrons. The quantitative estimate of drug-likeness (QED) is 0.661. The van der Waals surface area contributed by atoms with E-state index in [9.17, 15) is 9.59 Å². The van der Waals surface area contributed by atoms with Gasteiger partial charge in [-0.25, -0.2) is 4.79 Å². The number of hydrogen-bond acceptors (Lipinski definition) is 3. The lowest BCUT2D eigenvalue weighted by Crippen LogP contribution is -2.15. The van der Waals surface area contributed by atoms with E-state index < -0.39 is 5.97 Å². The van der Waals surface area contributed by atoms with Crippen LogP contribution in [-0.2, 0) is 16.0 Å². The standard InChI is InChI=1S/C21H20N2O3/c1-26-21(25)17-9-5-6-10-19(17)23-20(24)14-12-16-11-13-18(22-16)15-7-3-2-4-8-15/h2-11,13,22H,12,14H2,1H3,(H,23,24). The average Bonchev–Trinajstić information content (AvgIpc) is 3.16. The van der Waals surface area contributed by atoms with E-state index in [4.69, 9.17) is 4.74 Å². The Bertz CT molecular complexity index is 900. The molecule has 2 aromatic carbocycles. The van der Waals surface area contributed by atoms with Gasteiger partial charge in [0.1, 0.15) is 0 Å². The Morgan fingerprint density at radius 2 is 1.69 bits per heavy atom. The molecule has 0 radical (unpaired) electrons. The summed E-state index contributed by atoms with van der Waals surface area (Å²) in [6, 6.07) is 20.8. The van der Waals surface area contributed by atoms with Gasteiger partial charge in [0.15, 0.2) is 0 Å². The van der Waals surface area contributed by atoms with Crippen molar-refractivity contribution in [2.45, 2.75) is 12.8 Å². The monoisotopic (exact) mass is 348 g/mol. The molecule has 1 amide bonds. The highest BCUT2D eigenvalue weighted by atomic mass is 16.5. The van der Waals surface area contributed by atoms with Gasteiger partial charge in [-0.3, -0.25) is 4.79 Å². The van der Waals surface area contributed by atoms with Crippen molar-refractivity contribution >= 4 is 17.6 Å². The number of amides is 1. The van der Waals surface area contributed by atoms with E-state index in [1.165, 1.54) is 7.11 Å². The molecule has 0 unspecified atom stereocenters. The van der Waals surface area contributed by atoms with Gasteiger partial charge in [0.25, 0.3) is 0 Å². The first-order chi connectivity index (χ1) is 12.7. The molecule has 0 atom stereocenters. The predicted octanol–water partition coefficient (Wildman–Crippen LogP) is 4.04. The normalized spacial score (nSPS) is 10.3. The van der Waals surface area contributed by atoms with Crippen molar-refractivity contribution in [1.82, 2.24) is 4.98 Å². The van der Waals surface area contributed by atoms with Crippen molar-refractivity contribution in [1.29, 1.82) is 0 Å².